The number of carbonyl (C=O) groups is 3. The molecule has 23 heavy (non-hydrogen) atoms. The summed E-state index contributed by atoms with van der Waals surface area (Å²) >= 11 is 0. The van der Waals surface area contributed by atoms with E-state index in [-0.39, 0.29) is 18.9 Å². The molecular formula is C16H16N2O5. The van der Waals surface area contributed by atoms with Gasteiger partial charge >= 0.3 is 5.97 Å². The fraction of sp³-hybridized carbons (Fsp3) is 0.188. The summed E-state index contributed by atoms with van der Waals surface area (Å²) in [5.74, 6) is -1.24. The molecule has 2 amide bonds. The van der Waals surface area contributed by atoms with E-state index in [1.54, 1.807) is 31.2 Å². The highest BCUT2D eigenvalue weighted by molar-refractivity contribution is 5.98. The zero-order chi connectivity index (χ0) is 16.7. The molecule has 0 bridgehead atoms. The number of carbonyl (C=O) groups excluding carboxylic acids is 3. The summed E-state index contributed by atoms with van der Waals surface area (Å²) in [5.41, 5.74) is 0.775. The van der Waals surface area contributed by atoms with Crippen LogP contribution in [0, 0.1) is 0 Å². The molecule has 0 saturated heterocycles. The van der Waals surface area contributed by atoms with E-state index >= 15 is 0 Å². The van der Waals surface area contributed by atoms with Crippen molar-refractivity contribution < 1.29 is 23.5 Å². The molecule has 0 unspecified atom stereocenters. The summed E-state index contributed by atoms with van der Waals surface area (Å²) in [6.45, 7) is 1.77. The van der Waals surface area contributed by atoms with Crippen molar-refractivity contribution in [3.63, 3.8) is 0 Å². The van der Waals surface area contributed by atoms with E-state index in [2.05, 4.69) is 10.6 Å². The molecule has 1 heterocycles. The Morgan fingerprint density at radius 2 is 2.00 bits per heavy atom. The van der Waals surface area contributed by atoms with Gasteiger partial charge in [0.05, 0.1) is 25.0 Å². The molecule has 7 heteroatoms. The number of anilines is 1. The van der Waals surface area contributed by atoms with E-state index in [1.807, 2.05) is 0 Å². The van der Waals surface area contributed by atoms with Crippen LogP contribution in [-0.2, 0) is 9.53 Å². The topological polar surface area (TPSA) is 97.6 Å². The van der Waals surface area contributed by atoms with Crippen LogP contribution in [0.2, 0.25) is 0 Å². The third-order valence-electron chi connectivity index (χ3n) is 2.81. The molecule has 1 aromatic carbocycles. The van der Waals surface area contributed by atoms with E-state index in [4.69, 9.17) is 9.15 Å². The Hall–Kier alpha value is -3.09. The van der Waals surface area contributed by atoms with Gasteiger partial charge in [-0.1, -0.05) is 6.07 Å². The molecule has 0 saturated carbocycles. The lowest BCUT2D eigenvalue weighted by Crippen LogP contribution is -2.32. The molecule has 0 aliphatic carbocycles. The minimum Gasteiger partial charge on any atom is -0.462 e. The van der Waals surface area contributed by atoms with Gasteiger partial charge in [0.1, 0.15) is 0 Å². The Morgan fingerprint density at radius 3 is 2.70 bits per heavy atom. The molecular weight excluding hydrogens is 300 g/mol. The van der Waals surface area contributed by atoms with Crippen LogP contribution in [0.1, 0.15) is 27.8 Å². The second-order valence-electron chi connectivity index (χ2n) is 4.51. The van der Waals surface area contributed by atoms with E-state index in [0.29, 0.717) is 11.3 Å². The van der Waals surface area contributed by atoms with Crippen LogP contribution in [-0.4, -0.2) is 30.9 Å². The van der Waals surface area contributed by atoms with E-state index < -0.39 is 17.8 Å². The normalized spacial score (nSPS) is 9.96. The number of ether oxygens (including phenoxy) is 1. The maximum atomic E-state index is 11.8. The Balaban J connectivity index is 1.89. The third-order valence-corrected chi connectivity index (χ3v) is 2.81. The van der Waals surface area contributed by atoms with Gasteiger partial charge in [0.25, 0.3) is 5.91 Å². The van der Waals surface area contributed by atoms with Crippen LogP contribution < -0.4 is 10.6 Å². The lowest BCUT2D eigenvalue weighted by Gasteiger charge is -2.08. The second-order valence-corrected chi connectivity index (χ2v) is 4.51. The number of rotatable bonds is 6. The van der Waals surface area contributed by atoms with Crippen LogP contribution in [0.5, 0.6) is 0 Å². The first-order valence-electron chi connectivity index (χ1n) is 6.99. The largest absolute Gasteiger partial charge is 0.462 e. The highest BCUT2D eigenvalue weighted by Gasteiger charge is 2.11. The SMILES string of the molecule is CCOC(=O)c1cccc(NC(=O)CNC(=O)c2ccco2)c1. The van der Waals surface area contributed by atoms with Crippen LogP contribution in [0.25, 0.3) is 0 Å². The fourth-order valence-corrected chi connectivity index (χ4v) is 1.80. The van der Waals surface area contributed by atoms with Crippen LogP contribution in [0.3, 0.4) is 0 Å². The number of amides is 2. The minimum absolute atomic E-state index is 0.127. The Bertz CT molecular complexity index is 694. The molecule has 0 atom stereocenters. The second kappa shape index (κ2) is 7.79. The number of hydrogen-bond acceptors (Lipinski definition) is 5. The number of furan rings is 1. The summed E-state index contributed by atoms with van der Waals surface area (Å²) in [5, 5.41) is 5.01. The maximum Gasteiger partial charge on any atom is 0.338 e. The zero-order valence-corrected chi connectivity index (χ0v) is 12.5. The monoisotopic (exact) mass is 316 g/mol. The summed E-state index contributed by atoms with van der Waals surface area (Å²) in [6, 6.07) is 9.43. The standard InChI is InChI=1S/C16H16N2O5/c1-2-22-16(21)11-5-3-6-12(9-11)18-14(19)10-17-15(20)13-7-4-8-23-13/h3-9H,2,10H2,1H3,(H,17,20)(H,18,19). The van der Waals surface area contributed by atoms with Gasteiger partial charge in [0, 0.05) is 5.69 Å². The number of benzene rings is 1. The van der Waals surface area contributed by atoms with Gasteiger partial charge in [-0.3, -0.25) is 9.59 Å². The average molecular weight is 316 g/mol. The van der Waals surface area contributed by atoms with Gasteiger partial charge < -0.3 is 19.8 Å². The number of nitrogens with one attached hydrogen (secondary N) is 2. The number of hydrogen-bond donors (Lipinski definition) is 2. The molecule has 0 spiro atoms. The van der Waals surface area contributed by atoms with Crippen molar-refractivity contribution in [1.82, 2.24) is 5.32 Å². The average Bonchev–Trinajstić information content (AvgIpc) is 3.07. The van der Waals surface area contributed by atoms with E-state index in [1.165, 1.54) is 18.4 Å². The minimum atomic E-state index is -0.481. The molecule has 0 aliphatic rings. The molecule has 2 aromatic rings. The number of esters is 1. The maximum absolute atomic E-state index is 11.8. The van der Waals surface area contributed by atoms with Crippen molar-refractivity contribution in [2.75, 3.05) is 18.5 Å². The molecule has 2 rings (SSSR count). The Morgan fingerprint density at radius 1 is 1.17 bits per heavy atom. The first-order valence-corrected chi connectivity index (χ1v) is 6.99. The van der Waals surface area contributed by atoms with E-state index in [0.717, 1.165) is 0 Å². The lowest BCUT2D eigenvalue weighted by molar-refractivity contribution is -0.115. The van der Waals surface area contributed by atoms with Gasteiger partial charge in [-0.25, -0.2) is 4.79 Å². The van der Waals surface area contributed by atoms with Crippen molar-refractivity contribution in [3.8, 4) is 0 Å². The summed E-state index contributed by atoms with van der Waals surface area (Å²) < 4.78 is 9.80. The summed E-state index contributed by atoms with van der Waals surface area (Å²) in [7, 11) is 0. The molecule has 0 radical (unpaired) electrons. The molecule has 0 fully saturated rings. The lowest BCUT2D eigenvalue weighted by atomic mass is 10.2. The Labute approximate surface area is 132 Å². The van der Waals surface area contributed by atoms with Crippen LogP contribution in [0.15, 0.2) is 47.1 Å². The van der Waals surface area contributed by atoms with Gasteiger partial charge in [0.15, 0.2) is 5.76 Å². The summed E-state index contributed by atoms with van der Waals surface area (Å²) in [4.78, 5) is 35.1. The van der Waals surface area contributed by atoms with Crippen molar-refractivity contribution in [2.24, 2.45) is 0 Å². The highest BCUT2D eigenvalue weighted by Crippen LogP contribution is 2.11. The van der Waals surface area contributed by atoms with Gasteiger partial charge in [-0.05, 0) is 37.3 Å². The fourth-order valence-electron chi connectivity index (χ4n) is 1.80. The van der Waals surface area contributed by atoms with Crippen LogP contribution >= 0.6 is 0 Å². The molecule has 1 aromatic heterocycles. The van der Waals surface area contributed by atoms with Crippen molar-refractivity contribution in [3.05, 3.63) is 54.0 Å². The molecule has 0 aliphatic heterocycles. The first-order chi connectivity index (χ1) is 11.1. The molecule has 7 nitrogen and oxygen atoms in total. The van der Waals surface area contributed by atoms with Gasteiger partial charge in [0.2, 0.25) is 5.91 Å². The predicted octanol–water partition coefficient (Wildman–Crippen LogP) is 1.82. The quantitative estimate of drug-likeness (QED) is 0.792. The third kappa shape index (κ3) is 4.70. The summed E-state index contributed by atoms with van der Waals surface area (Å²) in [6.07, 6.45) is 1.37. The van der Waals surface area contributed by atoms with Crippen LogP contribution in [0.4, 0.5) is 5.69 Å². The van der Waals surface area contributed by atoms with Gasteiger partial charge in [-0.15, -0.1) is 0 Å². The first kappa shape index (κ1) is 16.3. The van der Waals surface area contributed by atoms with Crippen molar-refractivity contribution in [1.29, 1.82) is 0 Å². The molecule has 120 valence electrons. The predicted molar refractivity (Wildman–Crippen MR) is 82.1 cm³/mol. The zero-order valence-electron chi connectivity index (χ0n) is 12.5. The highest BCUT2D eigenvalue weighted by atomic mass is 16.5. The van der Waals surface area contributed by atoms with E-state index in [9.17, 15) is 14.4 Å². The van der Waals surface area contributed by atoms with Crippen molar-refractivity contribution >= 4 is 23.5 Å². The smallest absolute Gasteiger partial charge is 0.338 e. The van der Waals surface area contributed by atoms with Gasteiger partial charge in [-0.2, -0.15) is 0 Å². The van der Waals surface area contributed by atoms with Crippen molar-refractivity contribution in [2.45, 2.75) is 6.92 Å². The molecule has 2 N–H and O–H groups in total. The Kier molecular flexibility index (Phi) is 5.51.